The first-order valence-electron chi connectivity index (χ1n) is 9.28. The molecule has 4 nitrogen and oxygen atoms in total. The predicted octanol–water partition coefficient (Wildman–Crippen LogP) is 5.89. The summed E-state index contributed by atoms with van der Waals surface area (Å²) in [5.41, 5.74) is 5.19. The van der Waals surface area contributed by atoms with Crippen LogP contribution >= 0.6 is 23.2 Å². The van der Waals surface area contributed by atoms with Gasteiger partial charge in [0.05, 0.1) is 11.7 Å². The number of carbonyl (C=O) groups excluding carboxylic acids is 1. The second-order valence-corrected chi connectivity index (χ2v) is 8.49. The molecule has 2 aromatic carbocycles. The van der Waals surface area contributed by atoms with E-state index in [9.17, 15) is 4.79 Å². The highest BCUT2D eigenvalue weighted by Gasteiger charge is 2.43. The Bertz CT molecular complexity index is 1040. The summed E-state index contributed by atoms with van der Waals surface area (Å²) in [4.78, 5) is 15.1. The molecule has 0 saturated carbocycles. The highest BCUT2D eigenvalue weighted by Crippen LogP contribution is 2.45. The fourth-order valence-corrected chi connectivity index (χ4v) is 4.27. The van der Waals surface area contributed by atoms with Gasteiger partial charge in [0, 0.05) is 27.7 Å². The molecule has 28 heavy (non-hydrogen) atoms. The van der Waals surface area contributed by atoms with Gasteiger partial charge in [-0.2, -0.15) is 5.10 Å². The molecule has 4 rings (SSSR count). The van der Waals surface area contributed by atoms with E-state index >= 15 is 0 Å². The van der Waals surface area contributed by atoms with Gasteiger partial charge in [0.2, 0.25) is 0 Å². The van der Waals surface area contributed by atoms with Crippen molar-refractivity contribution in [2.24, 2.45) is 5.92 Å². The van der Waals surface area contributed by atoms with Crippen LogP contribution in [-0.4, -0.2) is 27.5 Å². The molecule has 0 fully saturated rings. The maximum atomic E-state index is 13.2. The molecule has 0 radical (unpaired) electrons. The molecule has 1 aliphatic heterocycles. The lowest BCUT2D eigenvalue weighted by Crippen LogP contribution is -2.33. The number of benzene rings is 2. The number of carbonyl (C=O) groups is 1. The van der Waals surface area contributed by atoms with Crippen molar-refractivity contribution >= 4 is 29.1 Å². The molecule has 1 unspecified atom stereocenters. The minimum Gasteiger partial charge on any atom is -0.326 e. The van der Waals surface area contributed by atoms with E-state index in [0.29, 0.717) is 28.2 Å². The van der Waals surface area contributed by atoms with Gasteiger partial charge in [0.25, 0.3) is 5.91 Å². The zero-order valence-electron chi connectivity index (χ0n) is 16.0. The topological polar surface area (TPSA) is 49.0 Å². The predicted molar refractivity (Wildman–Crippen MR) is 113 cm³/mol. The number of aromatic amines is 1. The second kappa shape index (κ2) is 7.26. The smallest absolute Gasteiger partial charge is 0.273 e. The Morgan fingerprint density at radius 1 is 1.14 bits per heavy atom. The SMILES string of the molecule is Cc1ccc(-c2n[nH]c3c2C(c2ccc(Cl)cc2Cl)N(CC(C)C)C3=O)cc1. The van der Waals surface area contributed by atoms with E-state index in [1.165, 1.54) is 5.56 Å². The van der Waals surface area contributed by atoms with Crippen LogP contribution in [-0.2, 0) is 0 Å². The van der Waals surface area contributed by atoms with Crippen LogP contribution in [0.1, 0.15) is 47.1 Å². The van der Waals surface area contributed by atoms with Gasteiger partial charge in [-0.05, 0) is 30.5 Å². The molecule has 0 saturated heterocycles. The molecule has 2 heterocycles. The summed E-state index contributed by atoms with van der Waals surface area (Å²) in [6, 6.07) is 13.3. The highest BCUT2D eigenvalue weighted by molar-refractivity contribution is 6.35. The van der Waals surface area contributed by atoms with Crippen molar-refractivity contribution in [3.63, 3.8) is 0 Å². The number of nitrogens with one attached hydrogen (secondary N) is 1. The highest BCUT2D eigenvalue weighted by atomic mass is 35.5. The normalized spacial score (nSPS) is 16.1. The third-order valence-corrected chi connectivity index (χ3v) is 5.57. The molecule has 0 spiro atoms. The van der Waals surface area contributed by atoms with Gasteiger partial charge < -0.3 is 4.90 Å². The van der Waals surface area contributed by atoms with Gasteiger partial charge >= 0.3 is 0 Å². The van der Waals surface area contributed by atoms with Crippen LogP contribution in [0.2, 0.25) is 10.0 Å². The zero-order chi connectivity index (χ0) is 20.0. The van der Waals surface area contributed by atoms with E-state index < -0.39 is 0 Å². The molecule has 144 valence electrons. The third kappa shape index (κ3) is 3.21. The molecule has 6 heteroatoms. The maximum Gasteiger partial charge on any atom is 0.273 e. The summed E-state index contributed by atoms with van der Waals surface area (Å²) in [5.74, 6) is 0.267. The second-order valence-electron chi connectivity index (χ2n) is 7.65. The Morgan fingerprint density at radius 2 is 1.86 bits per heavy atom. The number of halogens is 2. The van der Waals surface area contributed by atoms with Crippen molar-refractivity contribution in [1.82, 2.24) is 15.1 Å². The number of H-pyrrole nitrogens is 1. The number of fused-ring (bicyclic) bond motifs is 1. The Kier molecular flexibility index (Phi) is 4.94. The lowest BCUT2D eigenvalue weighted by Gasteiger charge is -2.28. The van der Waals surface area contributed by atoms with Gasteiger partial charge in [-0.15, -0.1) is 0 Å². The molecule has 1 aliphatic rings. The Labute approximate surface area is 174 Å². The molecule has 1 atom stereocenters. The number of aryl methyl sites for hydroxylation is 1. The van der Waals surface area contributed by atoms with Gasteiger partial charge in [-0.1, -0.05) is 72.9 Å². The largest absolute Gasteiger partial charge is 0.326 e. The van der Waals surface area contributed by atoms with Gasteiger partial charge in [-0.25, -0.2) is 0 Å². The summed E-state index contributed by atoms with van der Waals surface area (Å²) in [6.07, 6.45) is 0. The molecule has 1 amide bonds. The van der Waals surface area contributed by atoms with E-state index in [1.807, 2.05) is 48.2 Å². The van der Waals surface area contributed by atoms with Crippen molar-refractivity contribution < 1.29 is 4.79 Å². The quantitative estimate of drug-likeness (QED) is 0.579. The average molecular weight is 414 g/mol. The van der Waals surface area contributed by atoms with Crippen LogP contribution in [0.25, 0.3) is 11.3 Å². The lowest BCUT2D eigenvalue weighted by molar-refractivity contribution is 0.0722. The first kappa shape index (κ1) is 19.0. The van der Waals surface area contributed by atoms with E-state index in [2.05, 4.69) is 24.0 Å². The molecule has 0 aliphatic carbocycles. The summed E-state index contributed by atoms with van der Waals surface area (Å²) < 4.78 is 0. The monoisotopic (exact) mass is 413 g/mol. The summed E-state index contributed by atoms with van der Waals surface area (Å²) in [5, 5.41) is 8.57. The average Bonchev–Trinajstić information content (AvgIpc) is 3.17. The number of hydrogen-bond donors (Lipinski definition) is 1. The molecule has 1 N–H and O–H groups in total. The van der Waals surface area contributed by atoms with Crippen LogP contribution in [0.4, 0.5) is 0 Å². The molecule has 1 aromatic heterocycles. The van der Waals surface area contributed by atoms with Crippen molar-refractivity contribution in [2.75, 3.05) is 6.54 Å². The van der Waals surface area contributed by atoms with Crippen LogP contribution < -0.4 is 0 Å². The Morgan fingerprint density at radius 3 is 2.50 bits per heavy atom. The third-order valence-electron chi connectivity index (χ3n) is 5.01. The van der Waals surface area contributed by atoms with Gasteiger partial charge in [0.1, 0.15) is 5.69 Å². The standard InChI is InChI=1S/C22H21Cl2N3O/c1-12(2)11-27-21(16-9-8-15(23)10-17(16)24)18-19(25-26-20(18)22(27)28)14-6-4-13(3)5-7-14/h4-10,12,21H,11H2,1-3H3,(H,25,26). The number of amides is 1. The fraction of sp³-hybridized carbons (Fsp3) is 0.273. The van der Waals surface area contributed by atoms with E-state index in [0.717, 1.165) is 22.4 Å². The Balaban J connectivity index is 1.91. The maximum absolute atomic E-state index is 13.2. The number of nitrogens with zero attached hydrogens (tertiary/aromatic N) is 2. The minimum absolute atomic E-state index is 0.0504. The first-order chi connectivity index (χ1) is 13.4. The summed E-state index contributed by atoms with van der Waals surface area (Å²) >= 11 is 12.7. The van der Waals surface area contributed by atoms with Gasteiger partial charge in [-0.3, -0.25) is 9.89 Å². The zero-order valence-corrected chi connectivity index (χ0v) is 17.5. The van der Waals surface area contributed by atoms with Crippen LogP contribution in [0.3, 0.4) is 0 Å². The van der Waals surface area contributed by atoms with E-state index in [4.69, 9.17) is 23.2 Å². The molecule has 0 bridgehead atoms. The molecule has 3 aromatic rings. The lowest BCUT2D eigenvalue weighted by atomic mass is 9.95. The van der Waals surface area contributed by atoms with Crippen molar-refractivity contribution in [3.05, 3.63) is 74.9 Å². The summed E-state index contributed by atoms with van der Waals surface area (Å²) in [6.45, 7) is 6.86. The number of rotatable bonds is 4. The van der Waals surface area contributed by atoms with Crippen LogP contribution in [0.5, 0.6) is 0 Å². The molecular weight excluding hydrogens is 393 g/mol. The van der Waals surface area contributed by atoms with Crippen molar-refractivity contribution in [3.8, 4) is 11.3 Å². The summed E-state index contributed by atoms with van der Waals surface area (Å²) in [7, 11) is 0. The van der Waals surface area contributed by atoms with Crippen molar-refractivity contribution in [1.29, 1.82) is 0 Å². The minimum atomic E-state index is -0.301. The fourth-order valence-electron chi connectivity index (χ4n) is 3.76. The Hall–Kier alpha value is -2.30. The molecular formula is C22H21Cl2N3O. The van der Waals surface area contributed by atoms with E-state index in [1.54, 1.807) is 6.07 Å². The number of hydrogen-bond acceptors (Lipinski definition) is 2. The van der Waals surface area contributed by atoms with Crippen molar-refractivity contribution in [2.45, 2.75) is 26.8 Å². The first-order valence-corrected chi connectivity index (χ1v) is 10.0. The van der Waals surface area contributed by atoms with Crippen LogP contribution in [0, 0.1) is 12.8 Å². The van der Waals surface area contributed by atoms with Crippen LogP contribution in [0.15, 0.2) is 42.5 Å². The van der Waals surface area contributed by atoms with Gasteiger partial charge in [0.15, 0.2) is 0 Å². The van der Waals surface area contributed by atoms with E-state index in [-0.39, 0.29) is 11.9 Å². The number of aromatic nitrogens is 2.